The zero-order valence-corrected chi connectivity index (χ0v) is 14.1. The fourth-order valence-corrected chi connectivity index (χ4v) is 3.22. The molecule has 0 unspecified atom stereocenters. The molecule has 4 rings (SSSR count). The van der Waals surface area contributed by atoms with Crippen LogP contribution in [0, 0.1) is 5.82 Å². The smallest absolute Gasteiger partial charge is 0.254 e. The molecule has 6 heteroatoms. The van der Waals surface area contributed by atoms with Crippen molar-refractivity contribution in [2.75, 3.05) is 6.54 Å². The Morgan fingerprint density at radius 3 is 2.56 bits per heavy atom. The number of rotatable bonds is 2. The lowest BCUT2D eigenvalue weighted by molar-refractivity contribution is 0.0734. The van der Waals surface area contributed by atoms with Gasteiger partial charge in [-0.3, -0.25) is 9.89 Å². The van der Waals surface area contributed by atoms with Gasteiger partial charge in [-0.2, -0.15) is 5.10 Å². The van der Waals surface area contributed by atoms with Crippen LogP contribution in [0.1, 0.15) is 21.6 Å². The van der Waals surface area contributed by atoms with Gasteiger partial charge >= 0.3 is 0 Å². The summed E-state index contributed by atoms with van der Waals surface area (Å²) in [6.45, 7) is 1.07. The van der Waals surface area contributed by atoms with Crippen LogP contribution in [0.25, 0.3) is 11.3 Å². The number of H-pyrrole nitrogens is 1. The molecule has 126 valence electrons. The Bertz CT molecular complexity index is 919. The van der Waals surface area contributed by atoms with E-state index in [0.29, 0.717) is 30.1 Å². The SMILES string of the molecule is O=C(c1ccc(F)cc1)N1CCc2[nH]nc(-c3ccc(Cl)cc3)c2C1. The molecule has 0 bridgehead atoms. The molecule has 0 aliphatic carbocycles. The molecule has 1 N–H and O–H groups in total. The van der Waals surface area contributed by atoms with E-state index in [4.69, 9.17) is 11.6 Å². The summed E-state index contributed by atoms with van der Waals surface area (Å²) in [5, 5.41) is 8.16. The zero-order valence-electron chi connectivity index (χ0n) is 13.3. The Morgan fingerprint density at radius 1 is 1.12 bits per heavy atom. The lowest BCUT2D eigenvalue weighted by atomic mass is 10.0. The number of amides is 1. The summed E-state index contributed by atoms with van der Waals surface area (Å²) in [4.78, 5) is 14.5. The van der Waals surface area contributed by atoms with Gasteiger partial charge in [0.2, 0.25) is 0 Å². The van der Waals surface area contributed by atoms with E-state index in [1.165, 1.54) is 24.3 Å². The normalized spacial score (nSPS) is 13.6. The molecule has 1 aliphatic rings. The predicted octanol–water partition coefficient (Wildman–Crippen LogP) is 4.07. The highest BCUT2D eigenvalue weighted by Crippen LogP contribution is 2.29. The number of halogens is 2. The van der Waals surface area contributed by atoms with Gasteiger partial charge in [0.05, 0.1) is 5.69 Å². The van der Waals surface area contributed by atoms with Crippen LogP contribution in [0.15, 0.2) is 48.5 Å². The molecule has 0 saturated heterocycles. The topological polar surface area (TPSA) is 49.0 Å². The second-order valence-corrected chi connectivity index (χ2v) is 6.46. The van der Waals surface area contributed by atoms with Crippen molar-refractivity contribution in [3.8, 4) is 11.3 Å². The van der Waals surface area contributed by atoms with Gasteiger partial charge < -0.3 is 4.90 Å². The van der Waals surface area contributed by atoms with Crippen LogP contribution < -0.4 is 0 Å². The molecule has 0 fully saturated rings. The Kier molecular flexibility index (Phi) is 4.01. The van der Waals surface area contributed by atoms with Crippen molar-refractivity contribution in [1.29, 1.82) is 0 Å². The summed E-state index contributed by atoms with van der Waals surface area (Å²) >= 11 is 5.95. The minimum atomic E-state index is -0.350. The zero-order chi connectivity index (χ0) is 17.4. The molecule has 1 amide bonds. The molecular weight excluding hydrogens is 341 g/mol. The maximum Gasteiger partial charge on any atom is 0.254 e. The summed E-state index contributed by atoms with van der Waals surface area (Å²) in [5.74, 6) is -0.453. The fourth-order valence-electron chi connectivity index (χ4n) is 3.09. The molecule has 1 aliphatic heterocycles. The van der Waals surface area contributed by atoms with Gasteiger partial charge in [-0.25, -0.2) is 4.39 Å². The first-order chi connectivity index (χ1) is 12.1. The van der Waals surface area contributed by atoms with Crippen molar-refractivity contribution in [2.24, 2.45) is 0 Å². The number of benzene rings is 2. The van der Waals surface area contributed by atoms with Crippen molar-refractivity contribution in [2.45, 2.75) is 13.0 Å². The van der Waals surface area contributed by atoms with Crippen molar-refractivity contribution < 1.29 is 9.18 Å². The van der Waals surface area contributed by atoms with E-state index in [1.807, 2.05) is 24.3 Å². The van der Waals surface area contributed by atoms with Crippen LogP contribution in [0.2, 0.25) is 5.02 Å². The van der Waals surface area contributed by atoms with Gasteiger partial charge in [-0.15, -0.1) is 0 Å². The highest BCUT2D eigenvalue weighted by Gasteiger charge is 2.26. The van der Waals surface area contributed by atoms with Gasteiger partial charge in [0.15, 0.2) is 0 Å². The van der Waals surface area contributed by atoms with Crippen LogP contribution in [0.5, 0.6) is 0 Å². The van der Waals surface area contributed by atoms with Crippen molar-refractivity contribution in [1.82, 2.24) is 15.1 Å². The second kappa shape index (κ2) is 6.33. The van der Waals surface area contributed by atoms with E-state index >= 15 is 0 Å². The summed E-state index contributed by atoms with van der Waals surface area (Å²) in [7, 11) is 0. The largest absolute Gasteiger partial charge is 0.334 e. The monoisotopic (exact) mass is 355 g/mol. The Morgan fingerprint density at radius 2 is 1.84 bits per heavy atom. The Labute approximate surface area is 149 Å². The van der Waals surface area contributed by atoms with Crippen molar-refractivity contribution in [3.63, 3.8) is 0 Å². The van der Waals surface area contributed by atoms with Crippen LogP contribution in [0.4, 0.5) is 4.39 Å². The van der Waals surface area contributed by atoms with Crippen LogP contribution in [-0.4, -0.2) is 27.5 Å². The van der Waals surface area contributed by atoms with E-state index in [1.54, 1.807) is 4.90 Å². The lowest BCUT2D eigenvalue weighted by Gasteiger charge is -2.27. The summed E-state index contributed by atoms with van der Waals surface area (Å²) < 4.78 is 13.1. The second-order valence-electron chi connectivity index (χ2n) is 6.02. The average Bonchev–Trinajstić information content (AvgIpc) is 3.05. The highest BCUT2D eigenvalue weighted by molar-refractivity contribution is 6.30. The minimum absolute atomic E-state index is 0.103. The summed E-state index contributed by atoms with van der Waals surface area (Å²) in [6.07, 6.45) is 0.711. The van der Waals surface area contributed by atoms with Crippen molar-refractivity contribution in [3.05, 3.63) is 76.2 Å². The molecule has 0 saturated carbocycles. The lowest BCUT2D eigenvalue weighted by Crippen LogP contribution is -2.35. The van der Waals surface area contributed by atoms with Gasteiger partial charge in [0, 0.05) is 46.9 Å². The molecule has 0 radical (unpaired) electrons. The molecule has 3 aromatic rings. The fraction of sp³-hybridized carbons (Fsp3) is 0.158. The summed E-state index contributed by atoms with van der Waals surface area (Å²) in [6, 6.07) is 13.1. The number of carbonyl (C=O) groups is 1. The van der Waals surface area contributed by atoms with E-state index in [-0.39, 0.29) is 11.7 Å². The number of aromatic amines is 1. The highest BCUT2D eigenvalue weighted by atomic mass is 35.5. The first-order valence-electron chi connectivity index (χ1n) is 7.99. The average molecular weight is 356 g/mol. The predicted molar refractivity (Wildman–Crippen MR) is 93.9 cm³/mol. The molecule has 0 atom stereocenters. The van der Waals surface area contributed by atoms with Crippen LogP contribution >= 0.6 is 11.6 Å². The molecule has 0 spiro atoms. The number of nitrogens with zero attached hydrogens (tertiary/aromatic N) is 2. The molecule has 1 aromatic heterocycles. The first kappa shape index (κ1) is 15.8. The van der Waals surface area contributed by atoms with Gasteiger partial charge in [0.1, 0.15) is 5.82 Å². The molecule has 4 nitrogen and oxygen atoms in total. The molecule has 25 heavy (non-hydrogen) atoms. The maximum atomic E-state index is 13.1. The van der Waals surface area contributed by atoms with E-state index < -0.39 is 0 Å². The van der Waals surface area contributed by atoms with E-state index in [9.17, 15) is 9.18 Å². The maximum absolute atomic E-state index is 13.1. The molecular formula is C19H15ClFN3O. The number of hydrogen-bond acceptors (Lipinski definition) is 2. The van der Waals surface area contributed by atoms with Crippen LogP contribution in [-0.2, 0) is 13.0 Å². The van der Waals surface area contributed by atoms with Gasteiger partial charge in [-0.1, -0.05) is 23.7 Å². The third-order valence-electron chi connectivity index (χ3n) is 4.43. The number of hydrogen-bond donors (Lipinski definition) is 1. The third kappa shape index (κ3) is 3.03. The number of fused-ring (bicyclic) bond motifs is 1. The number of nitrogens with one attached hydrogen (secondary N) is 1. The standard InChI is InChI=1S/C19H15ClFN3O/c20-14-5-1-12(2-6-14)18-16-11-24(10-9-17(16)22-23-18)19(25)13-3-7-15(21)8-4-13/h1-8H,9-11H2,(H,22,23). The van der Waals surface area contributed by atoms with Crippen molar-refractivity contribution >= 4 is 17.5 Å². The van der Waals surface area contributed by atoms with Gasteiger partial charge in [-0.05, 0) is 36.4 Å². The number of aromatic nitrogens is 2. The van der Waals surface area contributed by atoms with E-state index in [0.717, 1.165) is 22.5 Å². The molecule has 2 heterocycles. The third-order valence-corrected chi connectivity index (χ3v) is 4.68. The quantitative estimate of drug-likeness (QED) is 0.753. The van der Waals surface area contributed by atoms with Crippen LogP contribution in [0.3, 0.4) is 0 Å². The van der Waals surface area contributed by atoms with Gasteiger partial charge in [0.25, 0.3) is 5.91 Å². The van der Waals surface area contributed by atoms with E-state index in [2.05, 4.69) is 10.2 Å². The number of carbonyl (C=O) groups excluding carboxylic acids is 1. The Balaban J connectivity index is 1.62. The first-order valence-corrected chi connectivity index (χ1v) is 8.36. The molecule has 2 aromatic carbocycles. The minimum Gasteiger partial charge on any atom is -0.334 e. The Hall–Kier alpha value is -2.66. The summed E-state index contributed by atoms with van der Waals surface area (Å²) in [5.41, 5.74) is 4.35.